The van der Waals surface area contributed by atoms with Gasteiger partial charge in [-0.05, 0) is 67.4 Å². The molecule has 3 aromatic carbocycles. The fourth-order valence-electron chi connectivity index (χ4n) is 3.41. The van der Waals surface area contributed by atoms with Crippen molar-refractivity contribution < 1.29 is 28.3 Å². The van der Waals surface area contributed by atoms with Crippen LogP contribution in [0, 0.1) is 13.8 Å². The van der Waals surface area contributed by atoms with E-state index in [-0.39, 0.29) is 5.56 Å². The second-order valence-electron chi connectivity index (χ2n) is 7.95. The highest BCUT2D eigenvalue weighted by molar-refractivity contribution is 5.97. The quantitative estimate of drug-likeness (QED) is 0.377. The molecule has 0 unspecified atom stereocenters. The van der Waals surface area contributed by atoms with Gasteiger partial charge in [0.2, 0.25) is 11.8 Å². The molecule has 36 heavy (non-hydrogen) atoms. The van der Waals surface area contributed by atoms with Crippen LogP contribution in [0.4, 0.5) is 5.69 Å². The smallest absolute Gasteiger partial charge is 0.338 e. The Labute approximate surface area is 207 Å². The highest BCUT2D eigenvalue weighted by atomic mass is 16.5. The summed E-state index contributed by atoms with van der Waals surface area (Å²) < 4.78 is 15.6. The summed E-state index contributed by atoms with van der Waals surface area (Å²) in [6, 6.07) is 18.9. The first kappa shape index (κ1) is 24.3. The SMILES string of the molecule is COC(=O)c1ccc(C)c(NC(=O)COC(=O)c2ccc(-c3nnc(-c4ccccc4C)o3)cc2)c1. The fourth-order valence-corrected chi connectivity index (χ4v) is 3.41. The average Bonchev–Trinajstić information content (AvgIpc) is 3.38. The van der Waals surface area contributed by atoms with Crippen molar-refractivity contribution in [1.29, 1.82) is 0 Å². The summed E-state index contributed by atoms with van der Waals surface area (Å²) in [5, 5.41) is 10.8. The monoisotopic (exact) mass is 485 g/mol. The number of esters is 2. The van der Waals surface area contributed by atoms with Crippen LogP contribution < -0.4 is 5.32 Å². The maximum absolute atomic E-state index is 12.4. The van der Waals surface area contributed by atoms with E-state index in [2.05, 4.69) is 15.5 Å². The van der Waals surface area contributed by atoms with Crippen LogP contribution in [0.15, 0.2) is 71.1 Å². The number of nitrogens with zero attached hydrogens (tertiary/aromatic N) is 2. The van der Waals surface area contributed by atoms with E-state index in [1.807, 2.05) is 31.2 Å². The molecule has 1 aromatic heterocycles. The van der Waals surface area contributed by atoms with Gasteiger partial charge in [-0.1, -0.05) is 24.3 Å². The van der Waals surface area contributed by atoms with Crippen LogP contribution in [0.5, 0.6) is 0 Å². The minimum absolute atomic E-state index is 0.258. The highest BCUT2D eigenvalue weighted by Crippen LogP contribution is 2.26. The normalized spacial score (nSPS) is 10.5. The lowest BCUT2D eigenvalue weighted by molar-refractivity contribution is -0.119. The lowest BCUT2D eigenvalue weighted by Crippen LogP contribution is -2.21. The Bertz CT molecular complexity index is 1430. The molecule has 0 aliphatic heterocycles. The Balaban J connectivity index is 1.36. The number of amides is 1. The van der Waals surface area contributed by atoms with E-state index >= 15 is 0 Å². The number of ether oxygens (including phenoxy) is 2. The summed E-state index contributed by atoms with van der Waals surface area (Å²) in [4.78, 5) is 36.4. The number of nitrogens with one attached hydrogen (secondary N) is 1. The number of aromatic nitrogens is 2. The number of methoxy groups -OCH3 is 1. The molecule has 0 saturated carbocycles. The van der Waals surface area contributed by atoms with Gasteiger partial charge in [0.25, 0.3) is 5.91 Å². The molecule has 182 valence electrons. The van der Waals surface area contributed by atoms with E-state index in [4.69, 9.17) is 13.9 Å². The van der Waals surface area contributed by atoms with Crippen LogP contribution >= 0.6 is 0 Å². The van der Waals surface area contributed by atoms with Gasteiger partial charge in [0, 0.05) is 16.8 Å². The number of rotatable bonds is 7. The summed E-state index contributed by atoms with van der Waals surface area (Å²) in [5.41, 5.74) is 4.22. The predicted molar refractivity (Wildman–Crippen MR) is 131 cm³/mol. The topological polar surface area (TPSA) is 121 Å². The molecule has 0 atom stereocenters. The van der Waals surface area contributed by atoms with Crippen LogP contribution in [0.25, 0.3) is 22.9 Å². The van der Waals surface area contributed by atoms with Crippen molar-refractivity contribution in [3.8, 4) is 22.9 Å². The van der Waals surface area contributed by atoms with E-state index in [9.17, 15) is 14.4 Å². The molecule has 0 radical (unpaired) electrons. The summed E-state index contributed by atoms with van der Waals surface area (Å²) in [5.74, 6) is -1.00. The van der Waals surface area contributed by atoms with Crippen molar-refractivity contribution in [2.75, 3.05) is 19.0 Å². The summed E-state index contributed by atoms with van der Waals surface area (Å²) in [6.07, 6.45) is 0. The lowest BCUT2D eigenvalue weighted by atomic mass is 10.1. The first-order valence-electron chi connectivity index (χ1n) is 11.0. The van der Waals surface area contributed by atoms with E-state index in [0.29, 0.717) is 28.6 Å². The second kappa shape index (κ2) is 10.6. The first-order valence-corrected chi connectivity index (χ1v) is 11.0. The number of carbonyl (C=O) groups excluding carboxylic acids is 3. The zero-order chi connectivity index (χ0) is 25.7. The van der Waals surface area contributed by atoms with Crippen molar-refractivity contribution in [1.82, 2.24) is 10.2 Å². The van der Waals surface area contributed by atoms with Crippen molar-refractivity contribution in [2.24, 2.45) is 0 Å². The Hall–Kier alpha value is -4.79. The predicted octanol–water partition coefficient (Wildman–Crippen LogP) is 4.60. The standard InChI is InChI=1S/C27H23N3O6/c1-16-6-4-5-7-21(16)25-30-29-24(36-25)18-10-12-19(13-11-18)27(33)35-15-23(31)28-22-14-20(26(32)34-3)9-8-17(22)2/h4-14H,15H2,1-3H3,(H,28,31). The van der Waals surface area contributed by atoms with Gasteiger partial charge in [-0.3, -0.25) is 4.79 Å². The van der Waals surface area contributed by atoms with Crippen LogP contribution in [-0.4, -0.2) is 41.8 Å². The van der Waals surface area contributed by atoms with E-state index in [1.54, 1.807) is 43.3 Å². The third kappa shape index (κ3) is 5.47. The molecule has 9 nitrogen and oxygen atoms in total. The largest absolute Gasteiger partial charge is 0.465 e. The fraction of sp³-hybridized carbons (Fsp3) is 0.148. The molecule has 4 rings (SSSR count). The minimum atomic E-state index is -0.664. The number of hydrogen-bond donors (Lipinski definition) is 1. The van der Waals surface area contributed by atoms with E-state index in [1.165, 1.54) is 13.2 Å². The first-order chi connectivity index (χ1) is 17.4. The molecule has 0 spiro atoms. The van der Waals surface area contributed by atoms with Gasteiger partial charge >= 0.3 is 11.9 Å². The number of benzene rings is 3. The number of carbonyl (C=O) groups is 3. The maximum Gasteiger partial charge on any atom is 0.338 e. The van der Waals surface area contributed by atoms with Gasteiger partial charge in [-0.25, -0.2) is 9.59 Å². The van der Waals surface area contributed by atoms with Crippen LogP contribution in [-0.2, 0) is 14.3 Å². The Kier molecular flexibility index (Phi) is 7.20. The molecule has 0 aliphatic carbocycles. The maximum atomic E-state index is 12.4. The Morgan fingerprint density at radius 1 is 0.833 bits per heavy atom. The Morgan fingerprint density at radius 3 is 2.25 bits per heavy atom. The van der Waals surface area contributed by atoms with Crippen molar-refractivity contribution in [2.45, 2.75) is 13.8 Å². The molecule has 9 heteroatoms. The summed E-state index contributed by atoms with van der Waals surface area (Å²) in [7, 11) is 1.28. The van der Waals surface area contributed by atoms with E-state index < -0.39 is 24.5 Å². The highest BCUT2D eigenvalue weighted by Gasteiger charge is 2.15. The van der Waals surface area contributed by atoms with Gasteiger partial charge < -0.3 is 19.2 Å². The van der Waals surface area contributed by atoms with Crippen LogP contribution in [0.3, 0.4) is 0 Å². The second-order valence-corrected chi connectivity index (χ2v) is 7.95. The van der Waals surface area contributed by atoms with Gasteiger partial charge in [0.05, 0.1) is 18.2 Å². The van der Waals surface area contributed by atoms with E-state index in [0.717, 1.165) is 16.7 Å². The third-order valence-corrected chi connectivity index (χ3v) is 5.44. The van der Waals surface area contributed by atoms with Crippen LogP contribution in [0.2, 0.25) is 0 Å². The molecule has 0 aliphatic rings. The lowest BCUT2D eigenvalue weighted by Gasteiger charge is -2.10. The zero-order valence-corrected chi connectivity index (χ0v) is 19.9. The number of aryl methyl sites for hydroxylation is 2. The van der Waals surface area contributed by atoms with Crippen molar-refractivity contribution >= 4 is 23.5 Å². The minimum Gasteiger partial charge on any atom is -0.465 e. The molecular formula is C27H23N3O6. The Morgan fingerprint density at radius 2 is 1.53 bits per heavy atom. The molecule has 1 amide bonds. The zero-order valence-electron chi connectivity index (χ0n) is 19.9. The summed E-state index contributed by atoms with van der Waals surface area (Å²) in [6.45, 7) is 3.24. The van der Waals surface area contributed by atoms with Crippen molar-refractivity contribution in [3.63, 3.8) is 0 Å². The van der Waals surface area contributed by atoms with Crippen LogP contribution in [0.1, 0.15) is 31.8 Å². The van der Waals surface area contributed by atoms with Gasteiger partial charge in [0.15, 0.2) is 6.61 Å². The summed E-state index contributed by atoms with van der Waals surface area (Å²) >= 11 is 0. The molecule has 0 bridgehead atoms. The number of hydrogen-bond acceptors (Lipinski definition) is 8. The van der Waals surface area contributed by atoms with Gasteiger partial charge in [-0.2, -0.15) is 0 Å². The van der Waals surface area contributed by atoms with Crippen molar-refractivity contribution in [3.05, 3.63) is 89.0 Å². The average molecular weight is 485 g/mol. The number of anilines is 1. The van der Waals surface area contributed by atoms with Gasteiger partial charge in [0.1, 0.15) is 0 Å². The van der Waals surface area contributed by atoms with Gasteiger partial charge in [-0.15, -0.1) is 10.2 Å². The molecular weight excluding hydrogens is 462 g/mol. The molecule has 1 N–H and O–H groups in total. The molecule has 1 heterocycles. The molecule has 0 saturated heterocycles. The molecule has 0 fully saturated rings. The third-order valence-electron chi connectivity index (χ3n) is 5.44. The molecule has 4 aromatic rings.